The van der Waals surface area contributed by atoms with Crippen molar-refractivity contribution in [1.29, 1.82) is 0 Å². The van der Waals surface area contributed by atoms with Gasteiger partial charge in [0.25, 0.3) is 0 Å². The number of hydrogen-bond acceptors (Lipinski definition) is 6. The number of hydrogen-bond donors (Lipinski definition) is 0. The van der Waals surface area contributed by atoms with Crippen LogP contribution in [0.1, 0.15) is 67.2 Å². The number of aliphatic imine (C=N–C) groups is 2. The molecule has 2 aliphatic rings. The molecule has 2 amide bonds. The summed E-state index contributed by atoms with van der Waals surface area (Å²) in [6.45, 7) is 11.1. The molecule has 0 spiro atoms. The Labute approximate surface area is 165 Å². The lowest BCUT2D eigenvalue weighted by atomic mass is 10.1. The largest absolute Gasteiger partial charge is 0.276 e. The molecule has 0 saturated carbocycles. The van der Waals surface area contributed by atoms with Crippen LogP contribution >= 0.6 is 24.4 Å². The Balaban J connectivity index is 1.84. The van der Waals surface area contributed by atoms with E-state index >= 15 is 0 Å². The lowest BCUT2D eigenvalue weighted by Crippen LogP contribution is -2.46. The molecule has 2 rings (SSSR count). The van der Waals surface area contributed by atoms with Crippen LogP contribution in [0, 0.1) is 0 Å². The number of carbonyl (C=O) groups is 2. The van der Waals surface area contributed by atoms with Crippen LogP contribution in [-0.2, 0) is 9.59 Å². The molecule has 2 heterocycles. The van der Waals surface area contributed by atoms with E-state index < -0.39 is 11.3 Å². The van der Waals surface area contributed by atoms with Crippen LogP contribution < -0.4 is 0 Å². The summed E-state index contributed by atoms with van der Waals surface area (Å²) in [5.41, 5.74) is 0.172. The van der Waals surface area contributed by atoms with E-state index in [0.717, 1.165) is 0 Å². The maximum absolute atomic E-state index is 12.5. The summed E-state index contributed by atoms with van der Waals surface area (Å²) in [6, 6.07) is 0. The summed E-state index contributed by atoms with van der Waals surface area (Å²) in [5.74, 6) is -0.103. The third-order valence-electron chi connectivity index (χ3n) is 4.53. The van der Waals surface area contributed by atoms with Crippen molar-refractivity contribution in [2.75, 3.05) is 0 Å². The van der Waals surface area contributed by atoms with Gasteiger partial charge in [0.2, 0.25) is 11.8 Å². The van der Waals surface area contributed by atoms with Gasteiger partial charge < -0.3 is 0 Å². The Kier molecular flexibility index (Phi) is 5.77. The quantitative estimate of drug-likeness (QED) is 0.530. The molecule has 0 bridgehead atoms. The van der Waals surface area contributed by atoms with E-state index in [2.05, 4.69) is 9.98 Å². The van der Waals surface area contributed by atoms with Crippen LogP contribution in [0.4, 0.5) is 0 Å². The fourth-order valence-corrected chi connectivity index (χ4v) is 4.19. The normalized spacial score (nSPS) is 21.2. The predicted molar refractivity (Wildman–Crippen MR) is 112 cm³/mol. The Hall–Kier alpha value is -1.54. The molecule has 0 radical (unpaired) electrons. The summed E-state index contributed by atoms with van der Waals surface area (Å²) < 4.78 is 0. The van der Waals surface area contributed by atoms with Gasteiger partial charge in [-0.15, -0.1) is 0 Å². The Morgan fingerprint density at radius 1 is 0.808 bits per heavy atom. The molecule has 0 aromatic rings. The topological polar surface area (TPSA) is 65.3 Å². The molecule has 2 aliphatic heterocycles. The van der Waals surface area contributed by atoms with Crippen molar-refractivity contribution < 1.29 is 9.59 Å². The van der Waals surface area contributed by atoms with Crippen molar-refractivity contribution in [3.8, 4) is 0 Å². The molecule has 0 unspecified atom stereocenters. The van der Waals surface area contributed by atoms with Gasteiger partial charge in [-0.1, -0.05) is 24.4 Å². The summed E-state index contributed by atoms with van der Waals surface area (Å²) in [6.07, 6.45) is 1.89. The highest BCUT2D eigenvalue weighted by atomic mass is 32.1. The van der Waals surface area contributed by atoms with Crippen LogP contribution in [0.3, 0.4) is 0 Å². The molecule has 0 aliphatic carbocycles. The number of thiocarbonyl (C=S) groups is 2. The zero-order valence-electron chi connectivity index (χ0n) is 16.3. The standard InChI is InChI=1S/C18H26N4O2S2/c1-11-15(25)21(17(3,4)19-11)13(23)9-7-8-10-14(24)22-16(26)12(2)20-18(22,5)6/h7-10H2,1-6H3. The van der Waals surface area contributed by atoms with Gasteiger partial charge >= 0.3 is 0 Å². The fourth-order valence-electron chi connectivity index (χ4n) is 3.45. The average molecular weight is 395 g/mol. The summed E-state index contributed by atoms with van der Waals surface area (Å²) in [7, 11) is 0. The first-order valence-electron chi connectivity index (χ1n) is 8.76. The van der Waals surface area contributed by atoms with Crippen molar-refractivity contribution >= 4 is 57.7 Å². The van der Waals surface area contributed by atoms with E-state index in [1.165, 1.54) is 0 Å². The van der Waals surface area contributed by atoms with Crippen molar-refractivity contribution in [2.45, 2.75) is 78.6 Å². The van der Waals surface area contributed by atoms with Crippen LogP contribution in [0.2, 0.25) is 0 Å². The molecule has 0 aromatic carbocycles. The maximum Gasteiger partial charge on any atom is 0.229 e. The summed E-state index contributed by atoms with van der Waals surface area (Å²) in [5, 5.41) is 0. The molecule has 142 valence electrons. The highest BCUT2D eigenvalue weighted by Gasteiger charge is 2.40. The molecule has 26 heavy (non-hydrogen) atoms. The highest BCUT2D eigenvalue weighted by Crippen LogP contribution is 2.27. The van der Waals surface area contributed by atoms with Gasteiger partial charge in [-0.05, 0) is 54.4 Å². The van der Waals surface area contributed by atoms with E-state index in [4.69, 9.17) is 24.4 Å². The molecule has 0 atom stereocenters. The van der Waals surface area contributed by atoms with Crippen LogP contribution in [0.15, 0.2) is 9.98 Å². The van der Waals surface area contributed by atoms with Crippen molar-refractivity contribution in [3.05, 3.63) is 0 Å². The number of unbranched alkanes of at least 4 members (excludes halogenated alkanes) is 1. The van der Waals surface area contributed by atoms with Crippen LogP contribution in [-0.4, -0.2) is 54.3 Å². The van der Waals surface area contributed by atoms with Gasteiger partial charge in [-0.25, -0.2) is 0 Å². The number of amides is 2. The lowest BCUT2D eigenvalue weighted by Gasteiger charge is -2.30. The van der Waals surface area contributed by atoms with E-state index in [1.807, 2.05) is 41.5 Å². The van der Waals surface area contributed by atoms with E-state index in [9.17, 15) is 9.59 Å². The second kappa shape index (κ2) is 7.23. The monoisotopic (exact) mass is 394 g/mol. The smallest absolute Gasteiger partial charge is 0.229 e. The Morgan fingerprint density at radius 2 is 1.12 bits per heavy atom. The van der Waals surface area contributed by atoms with Gasteiger partial charge in [0, 0.05) is 12.8 Å². The second-order valence-corrected chi connectivity index (χ2v) is 8.43. The van der Waals surface area contributed by atoms with Crippen molar-refractivity contribution in [3.63, 3.8) is 0 Å². The van der Waals surface area contributed by atoms with Gasteiger partial charge in [-0.3, -0.25) is 29.4 Å². The third-order valence-corrected chi connectivity index (χ3v) is 5.49. The molecule has 0 N–H and O–H groups in total. The summed E-state index contributed by atoms with van der Waals surface area (Å²) >= 11 is 10.6. The molecule has 8 heteroatoms. The highest BCUT2D eigenvalue weighted by molar-refractivity contribution is 7.82. The number of nitrogens with zero attached hydrogens (tertiary/aromatic N) is 4. The molecular weight excluding hydrogens is 368 g/mol. The Bertz CT molecular complexity index is 675. The summed E-state index contributed by atoms with van der Waals surface area (Å²) in [4.78, 5) is 38.1. The third kappa shape index (κ3) is 3.91. The lowest BCUT2D eigenvalue weighted by molar-refractivity contribution is -0.132. The van der Waals surface area contributed by atoms with E-state index in [1.54, 1.807) is 9.80 Å². The van der Waals surface area contributed by atoms with Crippen LogP contribution in [0.5, 0.6) is 0 Å². The molecule has 0 aromatic heterocycles. The number of rotatable bonds is 5. The van der Waals surface area contributed by atoms with Gasteiger partial charge in [0.1, 0.15) is 21.3 Å². The van der Waals surface area contributed by atoms with Crippen molar-refractivity contribution in [2.24, 2.45) is 9.98 Å². The van der Waals surface area contributed by atoms with E-state index in [0.29, 0.717) is 47.1 Å². The minimum atomic E-state index is -0.630. The average Bonchev–Trinajstić information content (AvgIpc) is 2.82. The predicted octanol–water partition coefficient (Wildman–Crippen LogP) is 3.28. The fraction of sp³-hybridized carbons (Fsp3) is 0.667. The van der Waals surface area contributed by atoms with Gasteiger partial charge in [-0.2, -0.15) is 0 Å². The zero-order valence-corrected chi connectivity index (χ0v) is 17.9. The van der Waals surface area contributed by atoms with E-state index in [-0.39, 0.29) is 11.8 Å². The zero-order chi connectivity index (χ0) is 19.9. The molecular formula is C18H26N4O2S2. The minimum Gasteiger partial charge on any atom is -0.276 e. The minimum absolute atomic E-state index is 0.0516. The first-order valence-corrected chi connectivity index (χ1v) is 9.58. The second-order valence-electron chi connectivity index (χ2n) is 7.66. The first kappa shape index (κ1) is 20.8. The van der Waals surface area contributed by atoms with Gasteiger partial charge in [0.05, 0.1) is 11.4 Å². The molecule has 0 saturated heterocycles. The van der Waals surface area contributed by atoms with Gasteiger partial charge in [0.15, 0.2) is 0 Å². The molecule has 6 nitrogen and oxygen atoms in total. The first-order chi connectivity index (χ1) is 11.9. The maximum atomic E-state index is 12.5. The Morgan fingerprint density at radius 3 is 1.35 bits per heavy atom. The molecule has 0 fully saturated rings. The van der Waals surface area contributed by atoms with Crippen LogP contribution in [0.25, 0.3) is 0 Å². The van der Waals surface area contributed by atoms with Crippen molar-refractivity contribution in [1.82, 2.24) is 9.80 Å². The number of carbonyl (C=O) groups excluding carboxylic acids is 2. The SMILES string of the molecule is CC1=NC(C)(C)N(C(=O)CCCCC(=O)N2C(=S)C(C)=NC2(C)C)C1=S.